The maximum absolute atomic E-state index is 13.0. The Hall–Kier alpha value is -2.58. The van der Waals surface area contributed by atoms with Crippen LogP contribution in [0.4, 0.5) is 0 Å². The summed E-state index contributed by atoms with van der Waals surface area (Å²) in [6.45, 7) is 0.439. The van der Waals surface area contributed by atoms with Gasteiger partial charge in [-0.3, -0.25) is 9.69 Å². The van der Waals surface area contributed by atoms with E-state index in [9.17, 15) is 13.2 Å². The van der Waals surface area contributed by atoms with Crippen molar-refractivity contribution in [2.75, 3.05) is 20.1 Å². The molecular formula is C24H23Cl2NO5S. The maximum atomic E-state index is 13.0. The number of carboxylic acids is 1. The lowest BCUT2D eigenvalue weighted by Gasteiger charge is -2.22. The summed E-state index contributed by atoms with van der Waals surface area (Å²) in [5, 5.41) is 9.37. The molecule has 0 amide bonds. The molecular weight excluding hydrogens is 485 g/mol. The van der Waals surface area contributed by atoms with Crippen molar-refractivity contribution in [1.29, 1.82) is 0 Å². The molecule has 3 rings (SSSR count). The van der Waals surface area contributed by atoms with Gasteiger partial charge in [0.15, 0.2) is 0 Å². The Morgan fingerprint density at radius 3 is 2.30 bits per heavy atom. The summed E-state index contributed by atoms with van der Waals surface area (Å²) in [6.07, 6.45) is 0.212. The van der Waals surface area contributed by atoms with Crippen LogP contribution in [0.25, 0.3) is 0 Å². The Morgan fingerprint density at radius 2 is 1.70 bits per heavy atom. The van der Waals surface area contributed by atoms with Crippen LogP contribution in [0.3, 0.4) is 0 Å². The summed E-state index contributed by atoms with van der Waals surface area (Å²) in [7, 11) is -2.09. The summed E-state index contributed by atoms with van der Waals surface area (Å²) in [6, 6.07) is 19.9. The van der Waals surface area contributed by atoms with Crippen molar-refractivity contribution in [2.45, 2.75) is 22.3 Å². The zero-order valence-corrected chi connectivity index (χ0v) is 20.1. The van der Waals surface area contributed by atoms with Crippen LogP contribution >= 0.6 is 23.2 Å². The summed E-state index contributed by atoms with van der Waals surface area (Å²) >= 11 is 12.0. The van der Waals surface area contributed by atoms with Gasteiger partial charge < -0.3 is 9.84 Å². The fourth-order valence-electron chi connectivity index (χ4n) is 3.29. The molecule has 174 valence electrons. The van der Waals surface area contributed by atoms with Gasteiger partial charge in [-0.05, 0) is 55.1 Å². The molecule has 0 aliphatic carbocycles. The Kier molecular flexibility index (Phi) is 8.37. The molecule has 33 heavy (non-hydrogen) atoms. The molecule has 0 aliphatic heterocycles. The largest absolute Gasteiger partial charge is 0.486 e. The molecule has 1 atom stereocenters. The van der Waals surface area contributed by atoms with Crippen molar-refractivity contribution >= 4 is 39.0 Å². The highest BCUT2D eigenvalue weighted by atomic mass is 35.5. The Bertz CT molecular complexity index is 1200. The van der Waals surface area contributed by atoms with E-state index in [0.29, 0.717) is 23.7 Å². The zero-order valence-electron chi connectivity index (χ0n) is 17.8. The minimum absolute atomic E-state index is 0.0223. The molecule has 0 saturated carbocycles. The van der Waals surface area contributed by atoms with Crippen LogP contribution in [0, 0.1) is 0 Å². The average molecular weight is 508 g/mol. The van der Waals surface area contributed by atoms with E-state index in [1.165, 1.54) is 30.3 Å². The van der Waals surface area contributed by atoms with Crippen LogP contribution in [0.1, 0.15) is 18.1 Å². The van der Waals surface area contributed by atoms with Gasteiger partial charge in [0.1, 0.15) is 11.9 Å². The number of likely N-dealkylation sites (N-methyl/N-ethyl adjacent to an activating group) is 1. The van der Waals surface area contributed by atoms with Crippen molar-refractivity contribution in [3.63, 3.8) is 0 Å². The monoisotopic (exact) mass is 507 g/mol. The van der Waals surface area contributed by atoms with Crippen molar-refractivity contribution < 1.29 is 23.1 Å². The average Bonchev–Trinajstić information content (AvgIpc) is 2.77. The number of carboxylic acid groups (broad SMARTS) is 1. The lowest BCUT2D eigenvalue weighted by atomic mass is 10.1. The topological polar surface area (TPSA) is 83.9 Å². The Balaban J connectivity index is 1.79. The molecule has 3 aromatic carbocycles. The third-order valence-electron chi connectivity index (χ3n) is 4.95. The van der Waals surface area contributed by atoms with E-state index in [1.54, 1.807) is 24.1 Å². The van der Waals surface area contributed by atoms with Crippen molar-refractivity contribution in [2.24, 2.45) is 0 Å². The molecule has 0 heterocycles. The minimum atomic E-state index is -3.83. The van der Waals surface area contributed by atoms with Gasteiger partial charge in [-0.2, -0.15) is 0 Å². The molecule has 0 fully saturated rings. The van der Waals surface area contributed by atoms with Crippen molar-refractivity contribution in [1.82, 2.24) is 4.90 Å². The lowest BCUT2D eigenvalue weighted by Crippen LogP contribution is -2.28. The Labute approximate surface area is 203 Å². The van der Waals surface area contributed by atoms with Gasteiger partial charge in [0.2, 0.25) is 9.84 Å². The van der Waals surface area contributed by atoms with E-state index < -0.39 is 15.8 Å². The Morgan fingerprint density at radius 1 is 1.03 bits per heavy atom. The van der Waals surface area contributed by atoms with Crippen LogP contribution < -0.4 is 4.74 Å². The van der Waals surface area contributed by atoms with E-state index in [0.717, 1.165) is 5.56 Å². The minimum Gasteiger partial charge on any atom is -0.486 e. The number of ether oxygens (including phenoxy) is 1. The number of carbonyl (C=O) groups is 1. The second-order valence-electron chi connectivity index (χ2n) is 7.49. The molecule has 0 aliphatic rings. The summed E-state index contributed by atoms with van der Waals surface area (Å²) in [5.74, 6) is -0.404. The molecule has 0 radical (unpaired) electrons. The highest BCUT2D eigenvalue weighted by Crippen LogP contribution is 2.31. The van der Waals surface area contributed by atoms with Crippen LogP contribution in [0.5, 0.6) is 5.75 Å². The SMILES string of the molecule is CN(CCC(Oc1ccc(S(=O)(=O)c2ccc(Cl)cc2Cl)cc1)c1ccccc1)CC(=O)O. The van der Waals surface area contributed by atoms with Gasteiger partial charge in [-0.25, -0.2) is 8.42 Å². The number of hydrogen-bond donors (Lipinski definition) is 1. The molecule has 6 nitrogen and oxygen atoms in total. The van der Waals surface area contributed by atoms with E-state index >= 15 is 0 Å². The summed E-state index contributed by atoms with van der Waals surface area (Å²) in [4.78, 5) is 12.7. The first kappa shape index (κ1) is 25.1. The standard InChI is InChI=1S/C24H23Cl2NO5S/c1-27(16-24(28)29)14-13-22(17-5-3-2-4-6-17)32-19-8-10-20(11-9-19)33(30,31)23-12-7-18(25)15-21(23)26/h2-12,15,22H,13-14,16H2,1H3,(H,28,29). The highest BCUT2D eigenvalue weighted by molar-refractivity contribution is 7.91. The first-order valence-corrected chi connectivity index (χ1v) is 12.3. The third-order valence-corrected chi connectivity index (χ3v) is 7.43. The molecule has 0 bridgehead atoms. The molecule has 0 spiro atoms. The highest BCUT2D eigenvalue weighted by Gasteiger charge is 2.22. The van der Waals surface area contributed by atoms with Gasteiger partial charge in [-0.15, -0.1) is 0 Å². The normalized spacial score (nSPS) is 12.5. The zero-order chi connectivity index (χ0) is 24.0. The third kappa shape index (κ3) is 6.71. The van der Waals surface area contributed by atoms with Gasteiger partial charge >= 0.3 is 5.97 Å². The van der Waals surface area contributed by atoms with E-state index in [4.69, 9.17) is 33.0 Å². The molecule has 9 heteroatoms. The molecule has 0 saturated heterocycles. The van der Waals surface area contributed by atoms with Gasteiger partial charge in [-0.1, -0.05) is 53.5 Å². The quantitative estimate of drug-likeness (QED) is 0.398. The molecule has 3 aromatic rings. The van der Waals surface area contributed by atoms with Gasteiger partial charge in [0, 0.05) is 18.0 Å². The molecule has 1 unspecified atom stereocenters. The first-order valence-electron chi connectivity index (χ1n) is 10.1. The van der Waals surface area contributed by atoms with Crippen LogP contribution in [-0.4, -0.2) is 44.5 Å². The fraction of sp³-hybridized carbons (Fsp3) is 0.208. The predicted molar refractivity (Wildman–Crippen MR) is 128 cm³/mol. The fourth-order valence-corrected chi connectivity index (χ4v) is 5.32. The number of sulfone groups is 1. The van der Waals surface area contributed by atoms with Gasteiger partial charge in [0.25, 0.3) is 0 Å². The second kappa shape index (κ2) is 11.0. The number of halogens is 2. The number of nitrogens with zero attached hydrogens (tertiary/aromatic N) is 1. The van der Waals surface area contributed by atoms with E-state index in [2.05, 4.69) is 0 Å². The van der Waals surface area contributed by atoms with Crippen molar-refractivity contribution in [3.8, 4) is 5.75 Å². The number of benzene rings is 3. The summed E-state index contributed by atoms with van der Waals surface area (Å²) < 4.78 is 32.1. The van der Waals surface area contributed by atoms with Crippen LogP contribution in [-0.2, 0) is 14.6 Å². The van der Waals surface area contributed by atoms with Crippen LogP contribution in [0.15, 0.2) is 82.6 Å². The summed E-state index contributed by atoms with van der Waals surface area (Å²) in [5.41, 5.74) is 0.936. The van der Waals surface area contributed by atoms with E-state index in [1.807, 2.05) is 30.3 Å². The predicted octanol–water partition coefficient (Wildman–Crippen LogP) is 5.35. The first-order chi connectivity index (χ1) is 15.7. The maximum Gasteiger partial charge on any atom is 0.317 e. The molecule has 0 aromatic heterocycles. The number of hydrogen-bond acceptors (Lipinski definition) is 5. The second-order valence-corrected chi connectivity index (χ2v) is 10.2. The van der Waals surface area contributed by atoms with Crippen molar-refractivity contribution in [3.05, 3.63) is 88.4 Å². The number of rotatable bonds is 10. The number of aliphatic carboxylic acids is 1. The molecule has 1 N–H and O–H groups in total. The van der Waals surface area contributed by atoms with Crippen LogP contribution in [0.2, 0.25) is 10.0 Å². The smallest absolute Gasteiger partial charge is 0.317 e. The van der Waals surface area contributed by atoms with Gasteiger partial charge in [0.05, 0.1) is 21.4 Å². The van der Waals surface area contributed by atoms with E-state index in [-0.39, 0.29) is 27.5 Å². The lowest BCUT2D eigenvalue weighted by molar-refractivity contribution is -0.138.